The summed E-state index contributed by atoms with van der Waals surface area (Å²) in [6, 6.07) is 0. The average molecular weight is 381 g/mol. The molecule has 1 N–H and O–H groups in total. The maximum Gasteiger partial charge on any atom is 0 e. The standard InChI is InChI=1S/C7H8O.W.Y/c1-4-7(5-2)6(3)8;;/h1,3-4,8H,2,5H2;;/q-2;;/b7-6-;;. The van der Waals surface area contributed by atoms with Crippen LogP contribution in [0.25, 0.3) is 0 Å². The third kappa shape index (κ3) is 4.71. The number of aliphatic hydroxyl groups is 1. The van der Waals surface area contributed by atoms with Gasteiger partial charge in [-0.15, -0.1) is 0 Å². The van der Waals surface area contributed by atoms with Gasteiger partial charge < -0.3 is 0 Å². The summed E-state index contributed by atoms with van der Waals surface area (Å²) in [4.78, 5) is 0. The minimum atomic E-state index is 0. The Morgan fingerprint density at radius 2 is 2.20 bits per heavy atom. The van der Waals surface area contributed by atoms with Gasteiger partial charge in [0, 0.05) is 32.7 Å². The molecular formula is C7H8OWY-2. The van der Waals surface area contributed by atoms with Gasteiger partial charge in [-0.25, -0.2) is 0 Å². The summed E-state index contributed by atoms with van der Waals surface area (Å²) in [6.45, 7) is 8.75. The minimum absolute atomic E-state index is 0. The van der Waals surface area contributed by atoms with Gasteiger partial charge in [0.05, 0.1) is 0 Å². The van der Waals surface area contributed by atoms with E-state index in [9.17, 15) is 0 Å². The van der Waals surface area contributed by atoms with Crippen molar-refractivity contribution in [2.24, 2.45) is 0 Å². The Labute approximate surface area is 97.9 Å². The van der Waals surface area contributed by atoms with Gasteiger partial charge in [-0.1, -0.05) is 0 Å². The van der Waals surface area contributed by atoms with Crippen molar-refractivity contribution in [1.82, 2.24) is 0 Å². The fourth-order valence-electron chi connectivity index (χ4n) is 0.372. The van der Waals surface area contributed by atoms with Crippen molar-refractivity contribution < 1.29 is 57.2 Å². The number of allylic oxidation sites excluding steroid dienone is 3. The quantitative estimate of drug-likeness (QED) is 0.445. The number of hydrogen-bond donors (Lipinski definition) is 1. The molecule has 0 aliphatic heterocycles. The largest absolute Gasteiger partial charge is 0 e. The summed E-state index contributed by atoms with van der Waals surface area (Å²) in [7, 11) is 0. The van der Waals surface area contributed by atoms with Crippen molar-refractivity contribution in [3.8, 4) is 0 Å². The first-order chi connectivity index (χ1) is 4.26. The molecule has 0 aromatic carbocycles. The van der Waals surface area contributed by atoms with Crippen LogP contribution in [0, 0.1) is 13.5 Å². The SMILES string of the molecule is [CH-]=C/C(C[CH2-])=C(/O)[CH]=[W].[Y]. The van der Waals surface area contributed by atoms with Gasteiger partial charge in [-0.05, 0) is 0 Å². The molecule has 10 heavy (non-hydrogen) atoms. The van der Waals surface area contributed by atoms with E-state index in [4.69, 9.17) is 11.7 Å². The van der Waals surface area contributed by atoms with Crippen LogP contribution in [0.3, 0.4) is 0 Å². The zero-order chi connectivity index (χ0) is 7.28. The van der Waals surface area contributed by atoms with Crippen LogP contribution in [0.5, 0.6) is 0 Å². The predicted molar refractivity (Wildman–Crippen MR) is 34.6 cm³/mol. The van der Waals surface area contributed by atoms with Crippen molar-refractivity contribution in [2.75, 3.05) is 0 Å². The minimum Gasteiger partial charge on any atom is 0 e. The van der Waals surface area contributed by atoms with E-state index in [0.29, 0.717) is 12.0 Å². The van der Waals surface area contributed by atoms with Gasteiger partial charge in [-0.2, -0.15) is 0 Å². The van der Waals surface area contributed by atoms with Gasteiger partial charge in [0.2, 0.25) is 0 Å². The van der Waals surface area contributed by atoms with E-state index in [1.165, 1.54) is 25.4 Å². The van der Waals surface area contributed by atoms with Crippen LogP contribution in [0.2, 0.25) is 0 Å². The molecule has 0 atom stereocenters. The first kappa shape index (κ1) is 13.5. The van der Waals surface area contributed by atoms with Gasteiger partial charge in [0.15, 0.2) is 0 Å². The predicted octanol–water partition coefficient (Wildman–Crippen LogP) is 1.36. The van der Waals surface area contributed by atoms with E-state index >= 15 is 0 Å². The van der Waals surface area contributed by atoms with Gasteiger partial charge >= 0.3 is 66.2 Å². The third-order valence-electron chi connectivity index (χ3n) is 0.911. The smallest absolute Gasteiger partial charge is 0 e. The second-order valence-corrected chi connectivity index (χ2v) is 2.29. The Morgan fingerprint density at radius 3 is 2.30 bits per heavy atom. The van der Waals surface area contributed by atoms with Crippen LogP contribution >= 0.6 is 0 Å². The molecule has 0 saturated carbocycles. The zero-order valence-corrected chi connectivity index (χ0v) is 11.4. The van der Waals surface area contributed by atoms with Crippen molar-refractivity contribution >= 4 is 4.40 Å². The normalized spacial score (nSPS) is 10.9. The van der Waals surface area contributed by atoms with E-state index in [-0.39, 0.29) is 38.5 Å². The third-order valence-corrected chi connectivity index (χ3v) is 1.71. The van der Waals surface area contributed by atoms with Crippen molar-refractivity contribution in [2.45, 2.75) is 6.42 Å². The van der Waals surface area contributed by atoms with E-state index in [1.54, 1.807) is 4.40 Å². The number of hydrogen-bond acceptors (Lipinski definition) is 1. The molecule has 0 heterocycles. The molecule has 0 amide bonds. The summed E-state index contributed by atoms with van der Waals surface area (Å²) in [6.07, 6.45) is 1.91. The van der Waals surface area contributed by atoms with Crippen LogP contribution < -0.4 is 0 Å². The Balaban J connectivity index is 0. The van der Waals surface area contributed by atoms with Crippen LogP contribution in [0.15, 0.2) is 17.4 Å². The fourth-order valence-corrected chi connectivity index (χ4v) is 0.916. The van der Waals surface area contributed by atoms with Crippen molar-refractivity contribution in [3.63, 3.8) is 0 Å². The molecule has 0 saturated heterocycles. The summed E-state index contributed by atoms with van der Waals surface area (Å²) < 4.78 is 1.67. The molecule has 0 rings (SSSR count). The second-order valence-electron chi connectivity index (χ2n) is 1.44. The Morgan fingerprint density at radius 1 is 1.70 bits per heavy atom. The average Bonchev–Trinajstić information content (AvgIpc) is 1.90. The molecule has 0 aromatic rings. The molecule has 1 nitrogen and oxygen atoms in total. The molecule has 0 aliphatic rings. The molecule has 1 radical (unpaired) electrons. The van der Waals surface area contributed by atoms with E-state index < -0.39 is 0 Å². The molecule has 0 aromatic heterocycles. The monoisotopic (exact) mass is 381 g/mol. The maximum atomic E-state index is 9.01. The summed E-state index contributed by atoms with van der Waals surface area (Å²) in [5.74, 6) is 0.252. The first-order valence-corrected chi connectivity index (χ1v) is 4.17. The summed E-state index contributed by atoms with van der Waals surface area (Å²) in [5, 5.41) is 9.01. The molecule has 0 aliphatic carbocycles. The molecular weight excluding hydrogens is 373 g/mol. The topological polar surface area (TPSA) is 20.2 Å². The molecule has 0 fully saturated rings. The maximum absolute atomic E-state index is 9.01. The van der Waals surface area contributed by atoms with Crippen LogP contribution in [0.4, 0.5) is 0 Å². The first-order valence-electron chi connectivity index (χ1n) is 2.47. The fraction of sp³-hybridized carbons (Fsp3) is 0.143. The molecule has 0 spiro atoms. The van der Waals surface area contributed by atoms with E-state index in [2.05, 4.69) is 6.92 Å². The summed E-state index contributed by atoms with van der Waals surface area (Å²) >= 11 is 1.20. The van der Waals surface area contributed by atoms with E-state index in [1.807, 2.05) is 0 Å². The van der Waals surface area contributed by atoms with E-state index in [0.717, 1.165) is 0 Å². The summed E-state index contributed by atoms with van der Waals surface area (Å²) in [5.41, 5.74) is 0.699. The number of aliphatic hydroxyl groups excluding tert-OH is 1. The van der Waals surface area contributed by atoms with Gasteiger partial charge in [0.25, 0.3) is 0 Å². The molecule has 3 heteroatoms. The van der Waals surface area contributed by atoms with Crippen LogP contribution in [-0.2, 0) is 52.1 Å². The molecule has 0 bridgehead atoms. The van der Waals surface area contributed by atoms with Crippen LogP contribution in [-0.4, -0.2) is 9.51 Å². The van der Waals surface area contributed by atoms with Gasteiger partial charge in [-0.3, -0.25) is 0 Å². The zero-order valence-electron chi connectivity index (χ0n) is 5.58. The Kier molecular flexibility index (Phi) is 10.9. The molecule has 0 unspecified atom stereocenters. The van der Waals surface area contributed by atoms with Crippen molar-refractivity contribution in [3.05, 3.63) is 30.9 Å². The van der Waals surface area contributed by atoms with Crippen LogP contribution in [0.1, 0.15) is 6.42 Å². The van der Waals surface area contributed by atoms with Crippen molar-refractivity contribution in [1.29, 1.82) is 0 Å². The number of rotatable bonds is 3. The Bertz CT molecular complexity index is 152. The Hall–Kier alpha value is 0.942. The van der Waals surface area contributed by atoms with Gasteiger partial charge in [0.1, 0.15) is 0 Å². The second kappa shape index (κ2) is 8.04. The molecule has 53 valence electrons.